The number of hydrogen-bond donors (Lipinski definition) is 1. The molecule has 1 aromatic carbocycles. The average molecular weight is 192 g/mol. The minimum atomic E-state index is -0.453. The Morgan fingerprint density at radius 3 is 2.79 bits per heavy atom. The Morgan fingerprint density at radius 1 is 1.43 bits per heavy atom. The number of hydrogen-bond acceptors (Lipinski definition) is 2. The number of rotatable bonds is 4. The highest BCUT2D eigenvalue weighted by molar-refractivity contribution is 5.34. The van der Waals surface area contributed by atoms with E-state index < -0.39 is 6.10 Å². The lowest BCUT2D eigenvalue weighted by molar-refractivity contribution is 0.190. The molecule has 0 aliphatic heterocycles. The van der Waals surface area contributed by atoms with E-state index in [1.807, 2.05) is 24.3 Å². The van der Waals surface area contributed by atoms with Crippen molar-refractivity contribution in [3.63, 3.8) is 0 Å². The number of para-hydroxylation sites is 1. The van der Waals surface area contributed by atoms with E-state index in [4.69, 9.17) is 4.74 Å². The van der Waals surface area contributed by atoms with Crippen LogP contribution in [0, 0.1) is 5.92 Å². The fraction of sp³-hybridized carbons (Fsp3) is 0.500. The number of aliphatic hydroxyl groups excluding tert-OH is 1. The number of benzene rings is 1. The van der Waals surface area contributed by atoms with Gasteiger partial charge >= 0.3 is 0 Å². The van der Waals surface area contributed by atoms with Crippen LogP contribution in [-0.2, 0) is 0 Å². The van der Waals surface area contributed by atoms with Gasteiger partial charge in [-0.1, -0.05) is 18.2 Å². The lowest BCUT2D eigenvalue weighted by Crippen LogP contribution is -2.03. The molecule has 0 amide bonds. The van der Waals surface area contributed by atoms with Crippen LogP contribution in [0.4, 0.5) is 0 Å². The number of aliphatic hydroxyl groups is 1. The smallest absolute Gasteiger partial charge is 0.125 e. The van der Waals surface area contributed by atoms with E-state index in [0.717, 1.165) is 23.8 Å². The zero-order valence-electron chi connectivity index (χ0n) is 8.44. The van der Waals surface area contributed by atoms with Crippen molar-refractivity contribution in [2.45, 2.75) is 25.9 Å². The zero-order chi connectivity index (χ0) is 9.97. The van der Waals surface area contributed by atoms with Crippen molar-refractivity contribution in [2.75, 3.05) is 6.61 Å². The molecule has 1 aliphatic carbocycles. The van der Waals surface area contributed by atoms with Crippen LogP contribution >= 0.6 is 0 Å². The van der Waals surface area contributed by atoms with Crippen LogP contribution in [0.3, 0.4) is 0 Å². The van der Waals surface area contributed by atoms with Crippen molar-refractivity contribution < 1.29 is 9.84 Å². The average Bonchev–Trinajstić information content (AvgIpc) is 2.98. The maximum Gasteiger partial charge on any atom is 0.125 e. The predicted molar refractivity (Wildman–Crippen MR) is 55.3 cm³/mol. The molecule has 0 saturated heterocycles. The Hall–Kier alpha value is -1.02. The van der Waals surface area contributed by atoms with Crippen molar-refractivity contribution in [3.8, 4) is 5.75 Å². The Labute approximate surface area is 84.5 Å². The van der Waals surface area contributed by atoms with Gasteiger partial charge in [-0.15, -0.1) is 0 Å². The highest BCUT2D eigenvalue weighted by Crippen LogP contribution is 2.31. The molecule has 0 spiro atoms. The third-order valence-electron chi connectivity index (χ3n) is 2.54. The SMILES string of the molecule is C[C@H](O)c1ccccc1OCC1CC1. The van der Waals surface area contributed by atoms with Crippen LogP contribution in [-0.4, -0.2) is 11.7 Å². The molecule has 1 fully saturated rings. The van der Waals surface area contributed by atoms with E-state index in [1.165, 1.54) is 12.8 Å². The third kappa shape index (κ3) is 2.26. The summed E-state index contributed by atoms with van der Waals surface area (Å²) in [5.41, 5.74) is 0.883. The molecule has 0 unspecified atom stereocenters. The quantitative estimate of drug-likeness (QED) is 0.794. The van der Waals surface area contributed by atoms with Crippen LogP contribution in [0.25, 0.3) is 0 Å². The zero-order valence-corrected chi connectivity index (χ0v) is 8.44. The second-order valence-electron chi connectivity index (χ2n) is 3.97. The van der Waals surface area contributed by atoms with Gasteiger partial charge in [-0.05, 0) is 31.7 Å². The predicted octanol–water partition coefficient (Wildman–Crippen LogP) is 2.53. The van der Waals surface area contributed by atoms with Gasteiger partial charge in [-0.25, -0.2) is 0 Å². The standard InChI is InChI=1S/C12H16O2/c1-9(13)11-4-2-3-5-12(11)14-8-10-6-7-10/h2-5,9-10,13H,6-8H2,1H3/t9-/m0/s1. The molecule has 2 nitrogen and oxygen atoms in total. The van der Waals surface area contributed by atoms with Crippen molar-refractivity contribution in [3.05, 3.63) is 29.8 Å². The first-order valence-electron chi connectivity index (χ1n) is 5.17. The first kappa shape index (κ1) is 9.53. The largest absolute Gasteiger partial charge is 0.493 e. The van der Waals surface area contributed by atoms with E-state index in [0.29, 0.717) is 0 Å². The summed E-state index contributed by atoms with van der Waals surface area (Å²) in [6.45, 7) is 2.56. The Morgan fingerprint density at radius 2 is 2.14 bits per heavy atom. The molecule has 14 heavy (non-hydrogen) atoms. The minimum Gasteiger partial charge on any atom is -0.493 e. The van der Waals surface area contributed by atoms with E-state index in [1.54, 1.807) is 6.92 Å². The maximum atomic E-state index is 9.51. The summed E-state index contributed by atoms with van der Waals surface area (Å²) in [4.78, 5) is 0. The fourth-order valence-corrected chi connectivity index (χ4v) is 1.45. The Kier molecular flexibility index (Phi) is 2.73. The molecule has 1 aliphatic rings. The summed E-state index contributed by atoms with van der Waals surface area (Å²) in [5.74, 6) is 1.58. The molecule has 2 heteroatoms. The van der Waals surface area contributed by atoms with Gasteiger partial charge in [-0.2, -0.15) is 0 Å². The minimum absolute atomic E-state index is 0.453. The van der Waals surface area contributed by atoms with E-state index in [-0.39, 0.29) is 0 Å². The monoisotopic (exact) mass is 192 g/mol. The van der Waals surface area contributed by atoms with Gasteiger partial charge in [0.2, 0.25) is 0 Å². The Bertz CT molecular complexity index is 303. The molecule has 1 N–H and O–H groups in total. The van der Waals surface area contributed by atoms with Crippen LogP contribution in [0.15, 0.2) is 24.3 Å². The van der Waals surface area contributed by atoms with Gasteiger partial charge < -0.3 is 9.84 Å². The first-order valence-corrected chi connectivity index (χ1v) is 5.17. The molecule has 0 heterocycles. The highest BCUT2D eigenvalue weighted by Gasteiger charge is 2.22. The molecule has 2 rings (SSSR count). The second-order valence-corrected chi connectivity index (χ2v) is 3.97. The van der Waals surface area contributed by atoms with Crippen molar-refractivity contribution in [1.29, 1.82) is 0 Å². The van der Waals surface area contributed by atoms with E-state index in [2.05, 4.69) is 0 Å². The van der Waals surface area contributed by atoms with E-state index in [9.17, 15) is 5.11 Å². The van der Waals surface area contributed by atoms with Gasteiger partial charge in [-0.3, -0.25) is 0 Å². The van der Waals surface area contributed by atoms with Crippen molar-refractivity contribution >= 4 is 0 Å². The van der Waals surface area contributed by atoms with Crippen molar-refractivity contribution in [2.24, 2.45) is 5.92 Å². The van der Waals surface area contributed by atoms with Crippen LogP contribution in [0.2, 0.25) is 0 Å². The summed E-state index contributed by atoms with van der Waals surface area (Å²) in [6, 6.07) is 7.69. The molecule has 1 atom stereocenters. The summed E-state index contributed by atoms with van der Waals surface area (Å²) >= 11 is 0. The summed E-state index contributed by atoms with van der Waals surface area (Å²) in [5, 5.41) is 9.51. The van der Waals surface area contributed by atoms with E-state index >= 15 is 0 Å². The highest BCUT2D eigenvalue weighted by atomic mass is 16.5. The molecule has 1 aromatic rings. The summed E-state index contributed by atoms with van der Waals surface area (Å²) in [6.07, 6.45) is 2.12. The van der Waals surface area contributed by atoms with Gasteiger partial charge in [0.15, 0.2) is 0 Å². The summed E-state index contributed by atoms with van der Waals surface area (Å²) in [7, 11) is 0. The second kappa shape index (κ2) is 4.01. The van der Waals surface area contributed by atoms with Gasteiger partial charge in [0.05, 0.1) is 12.7 Å². The molecular weight excluding hydrogens is 176 g/mol. The molecule has 0 bridgehead atoms. The first-order chi connectivity index (χ1) is 6.77. The third-order valence-corrected chi connectivity index (χ3v) is 2.54. The summed E-state index contributed by atoms with van der Waals surface area (Å²) < 4.78 is 5.66. The van der Waals surface area contributed by atoms with Crippen LogP contribution < -0.4 is 4.74 Å². The molecular formula is C12H16O2. The molecule has 0 aromatic heterocycles. The maximum absolute atomic E-state index is 9.51. The van der Waals surface area contributed by atoms with Crippen LogP contribution in [0.5, 0.6) is 5.75 Å². The lowest BCUT2D eigenvalue weighted by Gasteiger charge is -2.12. The number of ether oxygens (including phenoxy) is 1. The topological polar surface area (TPSA) is 29.5 Å². The molecule has 1 saturated carbocycles. The van der Waals surface area contributed by atoms with Gasteiger partial charge in [0, 0.05) is 5.56 Å². The molecule has 76 valence electrons. The Balaban J connectivity index is 2.05. The van der Waals surface area contributed by atoms with Crippen molar-refractivity contribution in [1.82, 2.24) is 0 Å². The normalized spacial score (nSPS) is 17.9. The molecule has 0 radical (unpaired) electrons. The van der Waals surface area contributed by atoms with Gasteiger partial charge in [0.1, 0.15) is 5.75 Å². The lowest BCUT2D eigenvalue weighted by atomic mass is 10.1. The van der Waals surface area contributed by atoms with Crippen LogP contribution in [0.1, 0.15) is 31.4 Å². The van der Waals surface area contributed by atoms with Gasteiger partial charge in [0.25, 0.3) is 0 Å². The fourth-order valence-electron chi connectivity index (χ4n) is 1.45.